The van der Waals surface area contributed by atoms with Gasteiger partial charge in [0.05, 0.1) is 26.9 Å². The summed E-state index contributed by atoms with van der Waals surface area (Å²) in [5.41, 5.74) is 1.03. The van der Waals surface area contributed by atoms with E-state index in [4.69, 9.17) is 23.5 Å². The summed E-state index contributed by atoms with van der Waals surface area (Å²) >= 11 is 0. The molecule has 0 saturated heterocycles. The van der Waals surface area contributed by atoms with Crippen molar-refractivity contribution in [2.45, 2.75) is 6.61 Å². The van der Waals surface area contributed by atoms with Gasteiger partial charge in [-0.25, -0.2) is 8.78 Å². The van der Waals surface area contributed by atoms with Crippen molar-refractivity contribution in [3.05, 3.63) is 71.8 Å². The van der Waals surface area contributed by atoms with Crippen LogP contribution in [0.1, 0.15) is 5.56 Å². The zero-order valence-corrected chi connectivity index (χ0v) is 18.1. The fourth-order valence-corrected chi connectivity index (χ4v) is 3.21. The maximum atomic E-state index is 13.8. The summed E-state index contributed by atoms with van der Waals surface area (Å²) in [6.45, 7) is -0.259. The van der Waals surface area contributed by atoms with Gasteiger partial charge in [-0.3, -0.25) is 0 Å². The number of hydrogen-bond donors (Lipinski definition) is 0. The molecule has 0 N–H and O–H groups in total. The molecule has 1 heterocycles. The summed E-state index contributed by atoms with van der Waals surface area (Å²) in [5.74, 6) is 0.947. The standard InChI is InChI=1S/C24H20F2N2O5/c1-29-20-11-15(12-21(30-2)22(20)31-3)24-27-23(28-33-24)14-6-4-7-16(10-14)32-13-17-18(25)8-5-9-19(17)26/h4-12H,13H2,1-3H3. The Kier molecular flexibility index (Phi) is 6.39. The summed E-state index contributed by atoms with van der Waals surface area (Å²) < 4.78 is 54.7. The molecule has 0 amide bonds. The lowest BCUT2D eigenvalue weighted by Crippen LogP contribution is -2.01. The summed E-state index contributed by atoms with van der Waals surface area (Å²) in [7, 11) is 4.54. The van der Waals surface area contributed by atoms with Gasteiger partial charge in [0.15, 0.2) is 11.5 Å². The lowest BCUT2D eigenvalue weighted by molar-refractivity contribution is 0.292. The Labute approximate surface area is 188 Å². The van der Waals surface area contributed by atoms with Crippen molar-refractivity contribution in [1.29, 1.82) is 0 Å². The first-order valence-electron chi connectivity index (χ1n) is 9.84. The van der Waals surface area contributed by atoms with Crippen molar-refractivity contribution in [2.75, 3.05) is 21.3 Å². The lowest BCUT2D eigenvalue weighted by Gasteiger charge is -2.12. The quantitative estimate of drug-likeness (QED) is 0.358. The minimum Gasteiger partial charge on any atom is -0.493 e. The molecule has 0 aliphatic rings. The molecule has 0 fully saturated rings. The molecule has 0 saturated carbocycles. The van der Waals surface area contributed by atoms with Crippen LogP contribution in [0.25, 0.3) is 22.8 Å². The van der Waals surface area contributed by atoms with Gasteiger partial charge < -0.3 is 23.5 Å². The molecule has 4 aromatic rings. The Balaban J connectivity index is 1.58. The predicted octanol–water partition coefficient (Wildman–Crippen LogP) is 5.29. The number of methoxy groups -OCH3 is 3. The number of benzene rings is 3. The van der Waals surface area contributed by atoms with Crippen molar-refractivity contribution in [3.8, 4) is 45.8 Å². The smallest absolute Gasteiger partial charge is 0.258 e. The summed E-state index contributed by atoms with van der Waals surface area (Å²) in [5, 5.41) is 4.03. The molecule has 0 atom stereocenters. The predicted molar refractivity (Wildman–Crippen MR) is 116 cm³/mol. The van der Waals surface area contributed by atoms with Crippen molar-refractivity contribution >= 4 is 0 Å². The third-order valence-electron chi connectivity index (χ3n) is 4.87. The first kappa shape index (κ1) is 22.1. The number of aromatic nitrogens is 2. The van der Waals surface area contributed by atoms with Crippen LogP contribution in [0, 0.1) is 11.6 Å². The van der Waals surface area contributed by atoms with Crippen molar-refractivity contribution < 1.29 is 32.3 Å². The number of halogens is 2. The highest BCUT2D eigenvalue weighted by molar-refractivity contribution is 5.67. The molecule has 3 aromatic carbocycles. The number of rotatable bonds is 8. The fourth-order valence-electron chi connectivity index (χ4n) is 3.21. The fraction of sp³-hybridized carbons (Fsp3) is 0.167. The van der Waals surface area contributed by atoms with Crippen LogP contribution in [0.5, 0.6) is 23.0 Å². The number of hydrogen-bond acceptors (Lipinski definition) is 7. The van der Waals surface area contributed by atoms with Gasteiger partial charge in [0, 0.05) is 11.1 Å². The Morgan fingerprint density at radius 3 is 2.12 bits per heavy atom. The van der Waals surface area contributed by atoms with Crippen molar-refractivity contribution in [2.24, 2.45) is 0 Å². The van der Waals surface area contributed by atoms with Crippen molar-refractivity contribution in [3.63, 3.8) is 0 Å². The van der Waals surface area contributed by atoms with Gasteiger partial charge in [0.25, 0.3) is 5.89 Å². The Hall–Kier alpha value is -4.14. The van der Waals surface area contributed by atoms with Crippen LogP contribution in [0.15, 0.2) is 59.1 Å². The highest BCUT2D eigenvalue weighted by Crippen LogP contribution is 2.41. The molecular formula is C24H20F2N2O5. The number of nitrogens with zero attached hydrogens (tertiary/aromatic N) is 2. The average molecular weight is 454 g/mol. The van der Waals surface area contributed by atoms with E-state index < -0.39 is 11.6 Å². The van der Waals surface area contributed by atoms with Crippen LogP contribution in [0.4, 0.5) is 8.78 Å². The van der Waals surface area contributed by atoms with Gasteiger partial charge in [0.1, 0.15) is 24.0 Å². The van der Waals surface area contributed by atoms with Gasteiger partial charge in [-0.1, -0.05) is 23.4 Å². The Bertz CT molecular complexity index is 1230. The van der Waals surface area contributed by atoms with E-state index in [0.29, 0.717) is 39.9 Å². The monoisotopic (exact) mass is 454 g/mol. The zero-order valence-electron chi connectivity index (χ0n) is 18.1. The maximum Gasteiger partial charge on any atom is 0.258 e. The maximum absolute atomic E-state index is 13.8. The minimum atomic E-state index is -0.667. The van der Waals surface area contributed by atoms with E-state index >= 15 is 0 Å². The molecule has 170 valence electrons. The van der Waals surface area contributed by atoms with E-state index in [1.165, 1.54) is 39.5 Å². The van der Waals surface area contributed by atoms with Gasteiger partial charge in [-0.05, 0) is 36.4 Å². The van der Waals surface area contributed by atoms with E-state index in [-0.39, 0.29) is 18.1 Å². The zero-order chi connectivity index (χ0) is 23.4. The van der Waals surface area contributed by atoms with Crippen LogP contribution in [0.2, 0.25) is 0 Å². The third kappa shape index (κ3) is 4.57. The largest absolute Gasteiger partial charge is 0.493 e. The van der Waals surface area contributed by atoms with Crippen molar-refractivity contribution in [1.82, 2.24) is 10.1 Å². The second-order valence-electron chi connectivity index (χ2n) is 6.85. The molecule has 0 aliphatic heterocycles. The highest BCUT2D eigenvalue weighted by Gasteiger charge is 2.18. The second-order valence-corrected chi connectivity index (χ2v) is 6.85. The summed E-state index contributed by atoms with van der Waals surface area (Å²) in [6, 6.07) is 13.9. The molecule has 9 heteroatoms. The van der Waals surface area contributed by atoms with Crippen LogP contribution >= 0.6 is 0 Å². The van der Waals surface area contributed by atoms with E-state index in [2.05, 4.69) is 10.1 Å². The SMILES string of the molecule is COc1cc(-c2nc(-c3cccc(OCc4c(F)cccc4F)c3)no2)cc(OC)c1OC. The van der Waals surface area contributed by atoms with E-state index in [0.717, 1.165) is 0 Å². The van der Waals surface area contributed by atoms with Crippen LogP contribution in [-0.2, 0) is 6.61 Å². The molecule has 4 rings (SSSR count). The highest BCUT2D eigenvalue weighted by atomic mass is 19.1. The first-order chi connectivity index (χ1) is 16.0. The molecule has 33 heavy (non-hydrogen) atoms. The van der Waals surface area contributed by atoms with Gasteiger partial charge >= 0.3 is 0 Å². The summed E-state index contributed by atoms with van der Waals surface area (Å²) in [4.78, 5) is 4.44. The Morgan fingerprint density at radius 2 is 1.48 bits per heavy atom. The summed E-state index contributed by atoms with van der Waals surface area (Å²) in [6.07, 6.45) is 0. The molecule has 0 aliphatic carbocycles. The molecule has 0 spiro atoms. The third-order valence-corrected chi connectivity index (χ3v) is 4.87. The average Bonchev–Trinajstić information content (AvgIpc) is 3.33. The van der Waals surface area contributed by atoms with E-state index in [1.54, 1.807) is 36.4 Å². The van der Waals surface area contributed by atoms with Crippen LogP contribution < -0.4 is 18.9 Å². The second kappa shape index (κ2) is 9.56. The topological polar surface area (TPSA) is 75.8 Å². The van der Waals surface area contributed by atoms with Gasteiger partial charge in [0.2, 0.25) is 11.6 Å². The van der Waals surface area contributed by atoms with Gasteiger partial charge in [-0.15, -0.1) is 0 Å². The van der Waals surface area contributed by atoms with Gasteiger partial charge in [-0.2, -0.15) is 4.98 Å². The molecular weight excluding hydrogens is 434 g/mol. The molecule has 0 bridgehead atoms. The molecule has 1 aromatic heterocycles. The molecule has 7 nitrogen and oxygen atoms in total. The minimum absolute atomic E-state index is 0.146. The van der Waals surface area contributed by atoms with Crippen LogP contribution in [0.3, 0.4) is 0 Å². The molecule has 0 unspecified atom stereocenters. The van der Waals surface area contributed by atoms with E-state index in [9.17, 15) is 8.78 Å². The van der Waals surface area contributed by atoms with E-state index in [1.807, 2.05) is 0 Å². The van der Waals surface area contributed by atoms with Crippen LogP contribution in [-0.4, -0.2) is 31.5 Å². The lowest BCUT2D eigenvalue weighted by atomic mass is 10.1. The Morgan fingerprint density at radius 1 is 0.818 bits per heavy atom. The molecule has 0 radical (unpaired) electrons. The normalized spacial score (nSPS) is 10.7. The first-order valence-corrected chi connectivity index (χ1v) is 9.84. The number of ether oxygens (including phenoxy) is 4.